The van der Waals surface area contributed by atoms with E-state index in [2.05, 4.69) is 53.1 Å². The van der Waals surface area contributed by atoms with Crippen LogP contribution in [0, 0.1) is 5.41 Å². The monoisotopic (exact) mass is 373 g/mol. The zero-order valence-corrected chi connectivity index (χ0v) is 13.4. The number of pyridine rings is 1. The molecular weight excluding hydrogens is 358 g/mol. The lowest BCUT2D eigenvalue weighted by molar-refractivity contribution is 0.266. The molecule has 0 radical (unpaired) electrons. The lowest BCUT2D eigenvalue weighted by Gasteiger charge is -2.22. The van der Waals surface area contributed by atoms with Crippen LogP contribution in [-0.2, 0) is 6.54 Å². The molecule has 2 fully saturated rings. The van der Waals surface area contributed by atoms with Crippen molar-refractivity contribution in [3.8, 4) is 0 Å². The summed E-state index contributed by atoms with van der Waals surface area (Å²) in [5.41, 5.74) is 1.68. The Kier molecular flexibility index (Phi) is 3.76. The van der Waals surface area contributed by atoms with Crippen LogP contribution in [0.1, 0.15) is 18.5 Å². The van der Waals surface area contributed by atoms with Crippen molar-refractivity contribution < 1.29 is 0 Å². The normalized spacial score (nSPS) is 28.3. The Morgan fingerprint density at radius 3 is 3.00 bits per heavy atom. The molecule has 0 saturated carbocycles. The van der Waals surface area contributed by atoms with Gasteiger partial charge in [0.1, 0.15) is 0 Å². The first-order valence-corrected chi connectivity index (χ1v) is 7.99. The Morgan fingerprint density at radius 2 is 2.28 bits per heavy atom. The van der Waals surface area contributed by atoms with E-state index in [1.807, 2.05) is 6.20 Å². The zero-order chi connectivity index (χ0) is 12.6. The fraction of sp³-hybridized carbons (Fsp3) is 0.615. The van der Waals surface area contributed by atoms with Gasteiger partial charge in [0, 0.05) is 34.8 Å². The molecule has 2 aliphatic heterocycles. The first-order chi connectivity index (χ1) is 8.67. The van der Waals surface area contributed by atoms with Gasteiger partial charge in [-0.3, -0.25) is 9.88 Å². The summed E-state index contributed by atoms with van der Waals surface area (Å²) in [6, 6.07) is 2.07. The minimum atomic E-state index is 0.543. The van der Waals surface area contributed by atoms with E-state index >= 15 is 0 Å². The summed E-state index contributed by atoms with van der Waals surface area (Å²) >= 11 is 7.04. The number of likely N-dealkylation sites (tertiary alicyclic amines) is 1. The highest BCUT2D eigenvalue weighted by molar-refractivity contribution is 9.11. The van der Waals surface area contributed by atoms with E-state index in [9.17, 15) is 0 Å². The molecule has 3 rings (SSSR count). The molecule has 1 aromatic rings. The molecule has 2 saturated heterocycles. The topological polar surface area (TPSA) is 28.2 Å². The van der Waals surface area contributed by atoms with Crippen LogP contribution in [0.4, 0.5) is 0 Å². The Labute approximate surface area is 125 Å². The molecule has 3 nitrogen and oxygen atoms in total. The Hall–Kier alpha value is 0.0300. The number of aromatic nitrogens is 1. The van der Waals surface area contributed by atoms with E-state index in [-0.39, 0.29) is 0 Å². The van der Waals surface area contributed by atoms with Crippen molar-refractivity contribution in [1.82, 2.24) is 15.2 Å². The van der Waals surface area contributed by atoms with Gasteiger partial charge in [0.25, 0.3) is 0 Å². The maximum atomic E-state index is 4.51. The van der Waals surface area contributed by atoms with E-state index in [1.54, 1.807) is 0 Å². The molecule has 1 unspecified atom stereocenters. The summed E-state index contributed by atoms with van der Waals surface area (Å²) in [4.78, 5) is 7.04. The van der Waals surface area contributed by atoms with Crippen LogP contribution in [-0.4, -0.2) is 36.1 Å². The smallest absolute Gasteiger partial charge is 0.0686 e. The van der Waals surface area contributed by atoms with Crippen molar-refractivity contribution in [1.29, 1.82) is 0 Å². The number of halogens is 2. The van der Waals surface area contributed by atoms with Crippen LogP contribution in [0.3, 0.4) is 0 Å². The third kappa shape index (κ3) is 2.64. The molecule has 0 bridgehead atoms. The third-order valence-corrected chi connectivity index (χ3v) is 5.23. The van der Waals surface area contributed by atoms with Crippen molar-refractivity contribution in [2.45, 2.75) is 19.4 Å². The summed E-state index contributed by atoms with van der Waals surface area (Å²) in [6.45, 7) is 5.75. The minimum Gasteiger partial charge on any atom is -0.316 e. The van der Waals surface area contributed by atoms with Crippen LogP contribution in [0.2, 0.25) is 0 Å². The molecular formula is C13H17Br2N3. The molecule has 18 heavy (non-hydrogen) atoms. The van der Waals surface area contributed by atoms with E-state index in [4.69, 9.17) is 0 Å². The Balaban J connectivity index is 1.67. The fourth-order valence-electron chi connectivity index (χ4n) is 3.08. The summed E-state index contributed by atoms with van der Waals surface area (Å²) < 4.78 is 2.12. The van der Waals surface area contributed by atoms with Gasteiger partial charge in [-0.2, -0.15) is 0 Å². The first kappa shape index (κ1) is 13.0. The lowest BCUT2D eigenvalue weighted by atomic mass is 9.87. The summed E-state index contributed by atoms with van der Waals surface area (Å²) in [6.07, 6.45) is 4.54. The molecule has 2 aliphatic rings. The molecule has 1 spiro atoms. The third-order valence-electron chi connectivity index (χ3n) is 4.11. The van der Waals surface area contributed by atoms with Crippen molar-refractivity contribution >= 4 is 31.9 Å². The van der Waals surface area contributed by atoms with Crippen LogP contribution in [0.15, 0.2) is 21.2 Å². The number of hydrogen-bond donors (Lipinski definition) is 1. The fourth-order valence-corrected chi connectivity index (χ4v) is 4.19. The second-order valence-corrected chi connectivity index (χ2v) is 7.24. The summed E-state index contributed by atoms with van der Waals surface area (Å²) in [7, 11) is 0. The highest BCUT2D eigenvalue weighted by Gasteiger charge is 2.40. The second kappa shape index (κ2) is 5.19. The molecule has 1 N–H and O–H groups in total. The predicted molar refractivity (Wildman–Crippen MR) is 79.5 cm³/mol. The maximum Gasteiger partial charge on any atom is 0.0686 e. The molecule has 98 valence electrons. The van der Waals surface area contributed by atoms with Crippen LogP contribution < -0.4 is 5.32 Å². The van der Waals surface area contributed by atoms with Crippen LogP contribution in [0.5, 0.6) is 0 Å². The number of hydrogen-bond acceptors (Lipinski definition) is 3. The van der Waals surface area contributed by atoms with Crippen molar-refractivity contribution in [2.24, 2.45) is 5.41 Å². The lowest BCUT2D eigenvalue weighted by Crippen LogP contribution is -2.29. The van der Waals surface area contributed by atoms with Gasteiger partial charge in [-0.25, -0.2) is 0 Å². The zero-order valence-electron chi connectivity index (χ0n) is 10.3. The number of rotatable bonds is 2. The Morgan fingerprint density at radius 1 is 1.39 bits per heavy atom. The van der Waals surface area contributed by atoms with Crippen molar-refractivity contribution in [3.63, 3.8) is 0 Å². The molecule has 0 aromatic carbocycles. The van der Waals surface area contributed by atoms with Crippen molar-refractivity contribution in [2.75, 3.05) is 26.2 Å². The standard InChI is InChI=1S/C13H17Br2N3/c14-10-5-11(15)12(17-6-10)7-18-4-2-13(9-18)1-3-16-8-13/h5-6,16H,1-4,7-9H2. The van der Waals surface area contributed by atoms with E-state index in [0.717, 1.165) is 21.2 Å². The van der Waals surface area contributed by atoms with Gasteiger partial charge >= 0.3 is 0 Å². The molecule has 0 aliphatic carbocycles. The Bertz CT molecular complexity index is 444. The van der Waals surface area contributed by atoms with Gasteiger partial charge in [-0.05, 0) is 69.3 Å². The van der Waals surface area contributed by atoms with E-state index in [1.165, 1.54) is 39.0 Å². The maximum absolute atomic E-state index is 4.51. The molecule has 5 heteroatoms. The van der Waals surface area contributed by atoms with Gasteiger partial charge in [0.2, 0.25) is 0 Å². The molecule has 1 atom stereocenters. The van der Waals surface area contributed by atoms with Crippen LogP contribution in [0.25, 0.3) is 0 Å². The van der Waals surface area contributed by atoms with Gasteiger partial charge < -0.3 is 5.32 Å². The molecule has 3 heterocycles. The highest BCUT2D eigenvalue weighted by Crippen LogP contribution is 2.36. The largest absolute Gasteiger partial charge is 0.316 e. The minimum absolute atomic E-state index is 0.543. The highest BCUT2D eigenvalue weighted by atomic mass is 79.9. The van der Waals surface area contributed by atoms with Crippen LogP contribution >= 0.6 is 31.9 Å². The van der Waals surface area contributed by atoms with Gasteiger partial charge in [0.15, 0.2) is 0 Å². The SMILES string of the molecule is Brc1cnc(CN2CCC3(CCNC3)C2)c(Br)c1. The number of nitrogens with one attached hydrogen (secondary N) is 1. The average Bonchev–Trinajstić information content (AvgIpc) is 2.94. The average molecular weight is 375 g/mol. The van der Waals surface area contributed by atoms with E-state index < -0.39 is 0 Å². The van der Waals surface area contributed by atoms with Gasteiger partial charge in [0.05, 0.1) is 5.69 Å². The summed E-state index contributed by atoms with van der Waals surface area (Å²) in [5.74, 6) is 0. The van der Waals surface area contributed by atoms with Crippen molar-refractivity contribution in [3.05, 3.63) is 26.9 Å². The quantitative estimate of drug-likeness (QED) is 0.862. The molecule has 1 aromatic heterocycles. The molecule has 0 amide bonds. The predicted octanol–water partition coefficient (Wildman–Crippen LogP) is 2.79. The van der Waals surface area contributed by atoms with E-state index in [0.29, 0.717) is 5.41 Å². The van der Waals surface area contributed by atoms with Gasteiger partial charge in [-0.1, -0.05) is 0 Å². The second-order valence-electron chi connectivity index (χ2n) is 5.47. The van der Waals surface area contributed by atoms with Gasteiger partial charge in [-0.15, -0.1) is 0 Å². The first-order valence-electron chi connectivity index (χ1n) is 6.40. The summed E-state index contributed by atoms with van der Waals surface area (Å²) in [5, 5.41) is 3.50. The number of nitrogens with zero attached hydrogens (tertiary/aromatic N) is 2.